The van der Waals surface area contributed by atoms with Gasteiger partial charge in [-0.15, -0.1) is 0 Å². The molecule has 1 atom stereocenters. The highest BCUT2D eigenvalue weighted by Crippen LogP contribution is 2.13. The number of halogens is 1. The summed E-state index contributed by atoms with van der Waals surface area (Å²) in [5.74, 6) is 0. The van der Waals surface area contributed by atoms with Gasteiger partial charge in [-0.25, -0.2) is 4.98 Å². The van der Waals surface area contributed by atoms with Crippen molar-refractivity contribution in [1.29, 1.82) is 0 Å². The lowest BCUT2D eigenvalue weighted by Crippen LogP contribution is -2.22. The quantitative estimate of drug-likeness (QED) is 0.783. The van der Waals surface area contributed by atoms with Crippen molar-refractivity contribution >= 4 is 11.6 Å². The molecule has 0 saturated carbocycles. The van der Waals surface area contributed by atoms with Crippen molar-refractivity contribution in [3.05, 3.63) is 29.0 Å². The molecule has 84 valence electrons. The predicted molar refractivity (Wildman–Crippen MR) is 61.9 cm³/mol. The van der Waals surface area contributed by atoms with Crippen LogP contribution in [0.15, 0.2) is 18.3 Å². The lowest BCUT2D eigenvalue weighted by atomic mass is 10.2. The minimum atomic E-state index is -0.253. The zero-order chi connectivity index (χ0) is 11.3. The Kier molecular flexibility index (Phi) is 5.02. The number of pyridine rings is 1. The first-order chi connectivity index (χ1) is 7.09. The van der Waals surface area contributed by atoms with Crippen LogP contribution in [0.25, 0.3) is 0 Å². The second kappa shape index (κ2) is 6.05. The summed E-state index contributed by atoms with van der Waals surface area (Å²) in [4.78, 5) is 6.14. The van der Waals surface area contributed by atoms with Gasteiger partial charge >= 0.3 is 0 Å². The van der Waals surface area contributed by atoms with E-state index in [0.29, 0.717) is 5.15 Å². The van der Waals surface area contributed by atoms with Gasteiger partial charge in [-0.05, 0) is 26.5 Å². The number of aliphatic hydroxyl groups excluding tert-OH is 1. The highest BCUT2D eigenvalue weighted by atomic mass is 35.5. The zero-order valence-corrected chi connectivity index (χ0v) is 9.91. The van der Waals surface area contributed by atoms with E-state index in [1.54, 1.807) is 13.1 Å². The normalized spacial score (nSPS) is 13.1. The molecule has 1 aromatic rings. The molecule has 1 unspecified atom stereocenters. The van der Waals surface area contributed by atoms with Crippen LogP contribution in [0.4, 0.5) is 0 Å². The van der Waals surface area contributed by atoms with Crippen LogP contribution in [0.5, 0.6) is 0 Å². The van der Waals surface area contributed by atoms with Gasteiger partial charge in [0.15, 0.2) is 0 Å². The van der Waals surface area contributed by atoms with Crippen LogP contribution in [0.1, 0.15) is 18.9 Å². The van der Waals surface area contributed by atoms with Gasteiger partial charge in [0.1, 0.15) is 5.15 Å². The van der Waals surface area contributed by atoms with E-state index in [9.17, 15) is 0 Å². The van der Waals surface area contributed by atoms with Gasteiger partial charge in [0, 0.05) is 24.8 Å². The Bertz CT molecular complexity index is 304. The average Bonchev–Trinajstić information content (AvgIpc) is 2.18. The Labute approximate surface area is 95.7 Å². The van der Waals surface area contributed by atoms with Gasteiger partial charge in [-0.2, -0.15) is 0 Å². The molecule has 0 saturated heterocycles. The summed E-state index contributed by atoms with van der Waals surface area (Å²) in [7, 11) is 2.01. The molecule has 0 fully saturated rings. The minimum absolute atomic E-state index is 0.253. The molecule has 0 radical (unpaired) electrons. The molecule has 1 rings (SSSR count). The topological polar surface area (TPSA) is 36.4 Å². The molecule has 1 aromatic heterocycles. The van der Waals surface area contributed by atoms with Crippen LogP contribution in [0.2, 0.25) is 5.15 Å². The number of aromatic nitrogens is 1. The summed E-state index contributed by atoms with van der Waals surface area (Å²) < 4.78 is 0. The monoisotopic (exact) mass is 228 g/mol. The number of hydrogen-bond donors (Lipinski definition) is 1. The standard InChI is InChI=1S/C11H17ClN2O/c1-9(15)5-7-14(2)8-10-4-3-6-13-11(10)12/h3-4,6,9,15H,5,7-8H2,1-2H3. The van der Waals surface area contributed by atoms with E-state index < -0.39 is 0 Å². The molecule has 3 nitrogen and oxygen atoms in total. The molecule has 0 aliphatic rings. The molecular weight excluding hydrogens is 212 g/mol. The molecule has 1 heterocycles. The van der Waals surface area contributed by atoms with Crippen LogP contribution in [0, 0.1) is 0 Å². The lowest BCUT2D eigenvalue weighted by Gasteiger charge is -2.17. The third-order valence-corrected chi connectivity index (χ3v) is 2.55. The Morgan fingerprint density at radius 1 is 1.60 bits per heavy atom. The number of hydrogen-bond acceptors (Lipinski definition) is 3. The molecule has 15 heavy (non-hydrogen) atoms. The highest BCUT2D eigenvalue weighted by molar-refractivity contribution is 6.30. The predicted octanol–water partition coefficient (Wildman–Crippen LogP) is 1.94. The third kappa shape index (κ3) is 4.60. The fourth-order valence-corrected chi connectivity index (χ4v) is 1.49. The summed E-state index contributed by atoms with van der Waals surface area (Å²) in [5, 5.41) is 9.71. The van der Waals surface area contributed by atoms with Crippen LogP contribution >= 0.6 is 11.6 Å². The Balaban J connectivity index is 2.44. The van der Waals surface area contributed by atoms with Gasteiger partial charge < -0.3 is 10.0 Å². The van der Waals surface area contributed by atoms with Gasteiger partial charge in [0.05, 0.1) is 6.10 Å². The summed E-state index contributed by atoms with van der Waals surface area (Å²) in [5.41, 5.74) is 1.02. The van der Waals surface area contributed by atoms with Gasteiger partial charge in [-0.1, -0.05) is 17.7 Å². The second-order valence-corrected chi connectivity index (χ2v) is 4.19. The van der Waals surface area contributed by atoms with Gasteiger partial charge in [0.25, 0.3) is 0 Å². The summed E-state index contributed by atoms with van der Waals surface area (Å²) in [6, 6.07) is 3.85. The lowest BCUT2D eigenvalue weighted by molar-refractivity contribution is 0.163. The smallest absolute Gasteiger partial charge is 0.133 e. The van der Waals surface area contributed by atoms with E-state index >= 15 is 0 Å². The van der Waals surface area contributed by atoms with E-state index in [0.717, 1.165) is 25.1 Å². The molecule has 4 heteroatoms. The van der Waals surface area contributed by atoms with Crippen molar-refractivity contribution in [2.45, 2.75) is 26.0 Å². The molecule has 0 amide bonds. The molecule has 0 bridgehead atoms. The minimum Gasteiger partial charge on any atom is -0.393 e. The van der Waals surface area contributed by atoms with Crippen LogP contribution < -0.4 is 0 Å². The number of rotatable bonds is 5. The van der Waals surface area contributed by atoms with E-state index in [1.807, 2.05) is 19.2 Å². The van der Waals surface area contributed by atoms with E-state index in [4.69, 9.17) is 16.7 Å². The Morgan fingerprint density at radius 3 is 2.93 bits per heavy atom. The first-order valence-electron chi connectivity index (χ1n) is 5.05. The van der Waals surface area contributed by atoms with E-state index in [2.05, 4.69) is 9.88 Å². The fourth-order valence-electron chi connectivity index (χ4n) is 1.31. The number of nitrogens with zero attached hydrogens (tertiary/aromatic N) is 2. The van der Waals surface area contributed by atoms with Crippen molar-refractivity contribution in [3.63, 3.8) is 0 Å². The van der Waals surface area contributed by atoms with Crippen molar-refractivity contribution in [2.75, 3.05) is 13.6 Å². The van der Waals surface area contributed by atoms with Crippen molar-refractivity contribution in [3.8, 4) is 0 Å². The third-order valence-electron chi connectivity index (χ3n) is 2.21. The summed E-state index contributed by atoms with van der Waals surface area (Å²) in [6.45, 7) is 3.41. The maximum Gasteiger partial charge on any atom is 0.133 e. The first kappa shape index (κ1) is 12.4. The van der Waals surface area contributed by atoms with E-state index in [-0.39, 0.29) is 6.10 Å². The molecular formula is C11H17ClN2O. The largest absolute Gasteiger partial charge is 0.393 e. The van der Waals surface area contributed by atoms with Gasteiger partial charge in [-0.3, -0.25) is 0 Å². The molecule has 1 N–H and O–H groups in total. The zero-order valence-electron chi connectivity index (χ0n) is 9.15. The Hall–Kier alpha value is -0.640. The van der Waals surface area contributed by atoms with Crippen LogP contribution in [-0.2, 0) is 6.54 Å². The molecule has 0 aliphatic carbocycles. The Morgan fingerprint density at radius 2 is 2.33 bits per heavy atom. The maximum atomic E-state index is 9.16. The summed E-state index contributed by atoms with van der Waals surface area (Å²) in [6.07, 6.45) is 2.20. The fraction of sp³-hybridized carbons (Fsp3) is 0.545. The van der Waals surface area contributed by atoms with E-state index in [1.165, 1.54) is 0 Å². The molecule has 0 aliphatic heterocycles. The molecule has 0 aromatic carbocycles. The highest BCUT2D eigenvalue weighted by Gasteiger charge is 2.05. The SMILES string of the molecule is CC(O)CCN(C)Cc1cccnc1Cl. The molecule has 0 spiro atoms. The van der Waals surface area contributed by atoms with Gasteiger partial charge in [0.2, 0.25) is 0 Å². The maximum absolute atomic E-state index is 9.16. The van der Waals surface area contributed by atoms with Crippen molar-refractivity contribution < 1.29 is 5.11 Å². The average molecular weight is 229 g/mol. The number of aliphatic hydroxyl groups is 1. The summed E-state index contributed by atoms with van der Waals surface area (Å²) >= 11 is 5.94. The first-order valence-corrected chi connectivity index (χ1v) is 5.43. The second-order valence-electron chi connectivity index (χ2n) is 3.83. The van der Waals surface area contributed by atoms with Crippen LogP contribution in [0.3, 0.4) is 0 Å². The van der Waals surface area contributed by atoms with Crippen LogP contribution in [-0.4, -0.2) is 34.7 Å². The van der Waals surface area contributed by atoms with Crippen molar-refractivity contribution in [2.24, 2.45) is 0 Å². The van der Waals surface area contributed by atoms with Crippen molar-refractivity contribution in [1.82, 2.24) is 9.88 Å².